The van der Waals surface area contributed by atoms with Crippen molar-refractivity contribution in [1.82, 2.24) is 0 Å². The number of phenolic OH excluding ortho intramolecular Hbond substituents is 1. The standard InChI is InChI=1S/C14H14N2O4S/c1-9-7-10(5-6-13(9)17)14(18)16-11-3-2-4-12(8-11)21(15,19)20/h2-8,17H,1H3,(H,16,18)(H2,15,19,20). The Labute approximate surface area is 122 Å². The number of hydrogen-bond donors (Lipinski definition) is 3. The third kappa shape index (κ3) is 3.59. The average molecular weight is 306 g/mol. The monoisotopic (exact) mass is 306 g/mol. The third-order valence-corrected chi connectivity index (χ3v) is 3.79. The second kappa shape index (κ2) is 5.55. The molecule has 0 bridgehead atoms. The Balaban J connectivity index is 2.25. The highest BCUT2D eigenvalue weighted by Gasteiger charge is 2.11. The SMILES string of the molecule is Cc1cc(C(=O)Nc2cccc(S(N)(=O)=O)c2)ccc1O. The fraction of sp³-hybridized carbons (Fsp3) is 0.0714. The highest BCUT2D eigenvalue weighted by Crippen LogP contribution is 2.19. The zero-order chi connectivity index (χ0) is 15.6. The number of aryl methyl sites for hydroxylation is 1. The van der Waals surface area contributed by atoms with Gasteiger partial charge in [0, 0.05) is 11.3 Å². The normalized spacial score (nSPS) is 11.1. The molecule has 0 atom stereocenters. The predicted octanol–water partition coefficient (Wildman–Crippen LogP) is 1.60. The number of primary sulfonamides is 1. The Kier molecular flexibility index (Phi) is 3.97. The zero-order valence-corrected chi connectivity index (χ0v) is 12.0. The number of nitrogens with two attached hydrogens (primary N) is 1. The fourth-order valence-corrected chi connectivity index (χ4v) is 2.31. The highest BCUT2D eigenvalue weighted by molar-refractivity contribution is 7.89. The van der Waals surface area contributed by atoms with E-state index >= 15 is 0 Å². The number of carbonyl (C=O) groups excluding carboxylic acids is 1. The second-order valence-electron chi connectivity index (χ2n) is 4.53. The van der Waals surface area contributed by atoms with Crippen LogP contribution in [0.3, 0.4) is 0 Å². The molecular formula is C14H14N2O4S. The molecule has 0 unspecified atom stereocenters. The van der Waals surface area contributed by atoms with Gasteiger partial charge in [-0.25, -0.2) is 13.6 Å². The van der Waals surface area contributed by atoms with Gasteiger partial charge in [-0.2, -0.15) is 0 Å². The lowest BCUT2D eigenvalue weighted by Gasteiger charge is -2.08. The summed E-state index contributed by atoms with van der Waals surface area (Å²) >= 11 is 0. The van der Waals surface area contributed by atoms with Crippen LogP contribution < -0.4 is 10.5 Å². The van der Waals surface area contributed by atoms with E-state index in [1.54, 1.807) is 13.0 Å². The summed E-state index contributed by atoms with van der Waals surface area (Å²) in [4.78, 5) is 12.0. The lowest BCUT2D eigenvalue weighted by atomic mass is 10.1. The minimum Gasteiger partial charge on any atom is -0.508 e. The molecule has 7 heteroatoms. The number of anilines is 1. The Morgan fingerprint density at radius 3 is 2.52 bits per heavy atom. The summed E-state index contributed by atoms with van der Waals surface area (Å²) in [5.41, 5.74) is 1.24. The molecule has 2 aromatic carbocycles. The maximum atomic E-state index is 12.1. The lowest BCUT2D eigenvalue weighted by Crippen LogP contribution is -2.14. The van der Waals surface area contributed by atoms with Gasteiger partial charge in [-0.15, -0.1) is 0 Å². The van der Waals surface area contributed by atoms with E-state index in [1.807, 2.05) is 0 Å². The second-order valence-corrected chi connectivity index (χ2v) is 6.09. The molecule has 0 saturated carbocycles. The third-order valence-electron chi connectivity index (χ3n) is 2.88. The van der Waals surface area contributed by atoms with Crippen molar-refractivity contribution in [2.45, 2.75) is 11.8 Å². The van der Waals surface area contributed by atoms with Gasteiger partial charge in [0.15, 0.2) is 0 Å². The molecule has 6 nitrogen and oxygen atoms in total. The molecule has 0 aromatic heterocycles. The van der Waals surface area contributed by atoms with Crippen molar-refractivity contribution in [3.63, 3.8) is 0 Å². The predicted molar refractivity (Wildman–Crippen MR) is 78.6 cm³/mol. The summed E-state index contributed by atoms with van der Waals surface area (Å²) < 4.78 is 22.5. The van der Waals surface area contributed by atoms with E-state index in [0.717, 1.165) is 0 Å². The van der Waals surface area contributed by atoms with Gasteiger partial charge in [-0.1, -0.05) is 6.07 Å². The van der Waals surface area contributed by atoms with Crippen LogP contribution in [0.5, 0.6) is 5.75 Å². The summed E-state index contributed by atoms with van der Waals surface area (Å²) in [5, 5.41) is 17.0. The van der Waals surface area contributed by atoms with Crippen molar-refractivity contribution in [2.24, 2.45) is 5.14 Å². The summed E-state index contributed by atoms with van der Waals surface area (Å²) in [7, 11) is -3.82. The molecule has 4 N–H and O–H groups in total. The average Bonchev–Trinajstić information content (AvgIpc) is 2.41. The van der Waals surface area contributed by atoms with Gasteiger partial charge in [-0.05, 0) is 48.9 Å². The van der Waals surface area contributed by atoms with Crippen LogP contribution in [0.1, 0.15) is 15.9 Å². The number of aromatic hydroxyl groups is 1. The van der Waals surface area contributed by atoms with Crippen LogP contribution in [-0.4, -0.2) is 19.4 Å². The summed E-state index contributed by atoms with van der Waals surface area (Å²) in [5.74, 6) is -0.313. The van der Waals surface area contributed by atoms with E-state index in [0.29, 0.717) is 16.8 Å². The van der Waals surface area contributed by atoms with Crippen LogP contribution in [0.15, 0.2) is 47.4 Å². The number of carbonyl (C=O) groups is 1. The largest absolute Gasteiger partial charge is 0.508 e. The lowest BCUT2D eigenvalue weighted by molar-refractivity contribution is 0.102. The number of nitrogens with one attached hydrogen (secondary N) is 1. The molecule has 2 aromatic rings. The van der Waals surface area contributed by atoms with Gasteiger partial charge in [0.25, 0.3) is 5.91 Å². The number of benzene rings is 2. The number of phenols is 1. The van der Waals surface area contributed by atoms with Gasteiger partial charge >= 0.3 is 0 Å². The van der Waals surface area contributed by atoms with Crippen LogP contribution in [0.25, 0.3) is 0 Å². The van der Waals surface area contributed by atoms with Crippen LogP contribution in [0, 0.1) is 6.92 Å². The first kappa shape index (κ1) is 15.0. The van der Waals surface area contributed by atoms with Gasteiger partial charge in [0.1, 0.15) is 5.75 Å². The Morgan fingerprint density at radius 1 is 1.19 bits per heavy atom. The molecular weight excluding hydrogens is 292 g/mol. The molecule has 0 aliphatic heterocycles. The molecule has 0 radical (unpaired) electrons. The minimum atomic E-state index is -3.82. The Morgan fingerprint density at radius 2 is 1.90 bits per heavy atom. The van der Waals surface area contributed by atoms with Crippen molar-refractivity contribution in [2.75, 3.05) is 5.32 Å². The number of amides is 1. The number of hydrogen-bond acceptors (Lipinski definition) is 4. The number of sulfonamides is 1. The Bertz CT molecular complexity index is 800. The number of rotatable bonds is 3. The molecule has 21 heavy (non-hydrogen) atoms. The van der Waals surface area contributed by atoms with Crippen molar-refractivity contribution < 1.29 is 18.3 Å². The maximum absolute atomic E-state index is 12.1. The first-order valence-corrected chi connectivity index (χ1v) is 7.56. The van der Waals surface area contributed by atoms with Crippen LogP contribution in [-0.2, 0) is 10.0 Å². The smallest absolute Gasteiger partial charge is 0.255 e. The summed E-state index contributed by atoms with van der Waals surface area (Å²) in [6.07, 6.45) is 0. The molecule has 0 saturated heterocycles. The molecule has 0 aliphatic rings. The van der Waals surface area contributed by atoms with Gasteiger partial charge in [-0.3, -0.25) is 4.79 Å². The molecule has 0 fully saturated rings. The van der Waals surface area contributed by atoms with E-state index in [9.17, 15) is 18.3 Å². The first-order chi connectivity index (χ1) is 9.77. The van der Waals surface area contributed by atoms with Gasteiger partial charge in [0.2, 0.25) is 10.0 Å². The van der Waals surface area contributed by atoms with Gasteiger partial charge in [0.05, 0.1) is 4.90 Å². The van der Waals surface area contributed by atoms with Crippen LogP contribution in [0.4, 0.5) is 5.69 Å². The van der Waals surface area contributed by atoms with Crippen molar-refractivity contribution in [3.05, 3.63) is 53.6 Å². The fourth-order valence-electron chi connectivity index (χ4n) is 1.75. The van der Waals surface area contributed by atoms with Crippen molar-refractivity contribution in [3.8, 4) is 5.75 Å². The molecule has 0 spiro atoms. The van der Waals surface area contributed by atoms with Crippen molar-refractivity contribution >= 4 is 21.6 Å². The van der Waals surface area contributed by atoms with Crippen LogP contribution >= 0.6 is 0 Å². The molecule has 0 heterocycles. The van der Waals surface area contributed by atoms with E-state index in [-0.39, 0.29) is 10.6 Å². The first-order valence-electron chi connectivity index (χ1n) is 6.01. The highest BCUT2D eigenvalue weighted by atomic mass is 32.2. The quantitative estimate of drug-likeness (QED) is 0.800. The Hall–Kier alpha value is -2.38. The topological polar surface area (TPSA) is 109 Å². The molecule has 1 amide bonds. The molecule has 0 aliphatic carbocycles. The summed E-state index contributed by atoms with van der Waals surface area (Å²) in [6, 6.07) is 10.1. The maximum Gasteiger partial charge on any atom is 0.255 e. The van der Waals surface area contributed by atoms with E-state index in [4.69, 9.17) is 5.14 Å². The zero-order valence-electron chi connectivity index (χ0n) is 11.2. The van der Waals surface area contributed by atoms with E-state index < -0.39 is 15.9 Å². The molecule has 110 valence electrons. The minimum absolute atomic E-state index is 0.0813. The van der Waals surface area contributed by atoms with E-state index in [2.05, 4.69) is 5.32 Å². The summed E-state index contributed by atoms with van der Waals surface area (Å²) in [6.45, 7) is 1.67. The molecule has 2 rings (SSSR count). The van der Waals surface area contributed by atoms with Crippen molar-refractivity contribution in [1.29, 1.82) is 0 Å². The van der Waals surface area contributed by atoms with E-state index in [1.165, 1.54) is 36.4 Å². The van der Waals surface area contributed by atoms with Crippen LogP contribution in [0.2, 0.25) is 0 Å². The van der Waals surface area contributed by atoms with Gasteiger partial charge < -0.3 is 10.4 Å².